The van der Waals surface area contributed by atoms with Gasteiger partial charge in [0.1, 0.15) is 5.82 Å². The zero-order valence-electron chi connectivity index (χ0n) is 21.2. The molecule has 5 rings (SSSR count). The lowest BCUT2D eigenvalue weighted by Gasteiger charge is -2.17. The maximum Gasteiger partial charge on any atom is 0.416 e. The fourth-order valence-electron chi connectivity index (χ4n) is 4.31. The molecule has 40 heavy (non-hydrogen) atoms. The number of carbonyl (C=O) groups excluding carboxylic acids is 2. The van der Waals surface area contributed by atoms with E-state index in [1.165, 1.54) is 12.1 Å². The summed E-state index contributed by atoms with van der Waals surface area (Å²) in [5, 5.41) is 6.36. The molecule has 1 atom stereocenters. The predicted octanol–water partition coefficient (Wildman–Crippen LogP) is 7.06. The molecule has 0 saturated heterocycles. The number of nitrogens with zero attached hydrogens (tertiary/aromatic N) is 2. The van der Waals surface area contributed by atoms with Crippen molar-refractivity contribution in [3.05, 3.63) is 126 Å². The molecule has 0 bridgehead atoms. The summed E-state index contributed by atoms with van der Waals surface area (Å²) in [6.07, 6.45) is -2.84. The van der Waals surface area contributed by atoms with Gasteiger partial charge >= 0.3 is 6.18 Å². The van der Waals surface area contributed by atoms with Crippen LogP contribution in [-0.2, 0) is 6.18 Å². The fraction of sp³-hybridized carbons (Fsp3) is 0.0968. The number of para-hydroxylation sites is 1. The Labute approximate surface area is 227 Å². The molecule has 2 aromatic heterocycles. The van der Waals surface area contributed by atoms with Crippen molar-refractivity contribution < 1.29 is 22.8 Å². The van der Waals surface area contributed by atoms with E-state index in [2.05, 4.69) is 20.6 Å². The number of carbonyl (C=O) groups is 2. The molecule has 0 aliphatic carbocycles. The van der Waals surface area contributed by atoms with Crippen molar-refractivity contribution in [1.82, 2.24) is 15.3 Å². The van der Waals surface area contributed by atoms with Crippen LogP contribution < -0.4 is 10.6 Å². The fourth-order valence-corrected chi connectivity index (χ4v) is 4.31. The zero-order chi connectivity index (χ0) is 28.3. The van der Waals surface area contributed by atoms with Gasteiger partial charge in [0, 0.05) is 17.1 Å². The van der Waals surface area contributed by atoms with Crippen molar-refractivity contribution in [2.75, 3.05) is 5.32 Å². The minimum Gasteiger partial charge on any atom is -0.344 e. The first kappa shape index (κ1) is 26.6. The van der Waals surface area contributed by atoms with E-state index in [1.54, 1.807) is 67.7 Å². The van der Waals surface area contributed by atoms with Gasteiger partial charge in [-0.25, -0.2) is 4.98 Å². The van der Waals surface area contributed by atoms with E-state index < -0.39 is 29.6 Å². The van der Waals surface area contributed by atoms with Crippen LogP contribution in [0.5, 0.6) is 0 Å². The van der Waals surface area contributed by atoms with Crippen LogP contribution in [-0.4, -0.2) is 21.8 Å². The molecular formula is C31H23F3N4O2. The molecule has 0 aliphatic rings. The lowest BCUT2D eigenvalue weighted by atomic mass is 9.98. The number of amides is 2. The summed E-state index contributed by atoms with van der Waals surface area (Å²) in [6, 6.07) is 25.0. The first-order valence-electron chi connectivity index (χ1n) is 12.4. The average molecular weight is 541 g/mol. The predicted molar refractivity (Wildman–Crippen MR) is 147 cm³/mol. The summed E-state index contributed by atoms with van der Waals surface area (Å²) in [5.41, 5.74) is 1.70. The Morgan fingerprint density at radius 2 is 1.50 bits per heavy atom. The van der Waals surface area contributed by atoms with E-state index in [4.69, 9.17) is 0 Å². The van der Waals surface area contributed by atoms with E-state index in [-0.39, 0.29) is 16.9 Å². The molecular weight excluding hydrogens is 517 g/mol. The largest absolute Gasteiger partial charge is 0.416 e. The lowest BCUT2D eigenvalue weighted by Crippen LogP contribution is -2.29. The van der Waals surface area contributed by atoms with Gasteiger partial charge in [-0.3, -0.25) is 14.6 Å². The first-order valence-corrected chi connectivity index (χ1v) is 12.4. The topological polar surface area (TPSA) is 84.0 Å². The van der Waals surface area contributed by atoms with Crippen LogP contribution in [0.15, 0.2) is 103 Å². The Bertz CT molecular complexity index is 1690. The molecule has 0 radical (unpaired) electrons. The van der Waals surface area contributed by atoms with Crippen molar-refractivity contribution in [3.8, 4) is 11.1 Å². The van der Waals surface area contributed by atoms with Gasteiger partial charge < -0.3 is 10.6 Å². The van der Waals surface area contributed by atoms with Crippen LogP contribution in [0.2, 0.25) is 0 Å². The number of hydrogen-bond donors (Lipinski definition) is 2. The van der Waals surface area contributed by atoms with Crippen LogP contribution in [0.25, 0.3) is 22.0 Å². The maximum atomic E-state index is 13.5. The Hall–Kier alpha value is -5.05. The van der Waals surface area contributed by atoms with Gasteiger partial charge in [-0.1, -0.05) is 54.6 Å². The van der Waals surface area contributed by atoms with Gasteiger partial charge in [-0.05, 0) is 60.5 Å². The SMILES string of the molecule is CC(NC(=O)c1cc2ccccc2nc1NC(=O)c1ccccc1-c1ccc(C(F)(F)F)cc1)c1ccccn1. The molecule has 0 spiro atoms. The van der Waals surface area contributed by atoms with Crippen LogP contribution in [0.3, 0.4) is 0 Å². The van der Waals surface area contributed by atoms with Crippen LogP contribution in [0, 0.1) is 0 Å². The second kappa shape index (κ2) is 11.0. The Balaban J connectivity index is 1.48. The third-order valence-corrected chi connectivity index (χ3v) is 6.37. The van der Waals surface area contributed by atoms with Crippen molar-refractivity contribution in [2.24, 2.45) is 0 Å². The van der Waals surface area contributed by atoms with Gasteiger partial charge in [0.25, 0.3) is 11.8 Å². The van der Waals surface area contributed by atoms with E-state index in [1.807, 2.05) is 18.2 Å². The minimum absolute atomic E-state index is 0.0524. The van der Waals surface area contributed by atoms with Gasteiger partial charge in [0.05, 0.1) is 28.4 Å². The molecule has 2 N–H and O–H groups in total. The quantitative estimate of drug-likeness (QED) is 0.242. The van der Waals surface area contributed by atoms with E-state index in [0.717, 1.165) is 12.1 Å². The third kappa shape index (κ3) is 5.68. The van der Waals surface area contributed by atoms with Gasteiger partial charge in [-0.2, -0.15) is 13.2 Å². The normalized spacial score (nSPS) is 12.1. The number of alkyl halides is 3. The van der Waals surface area contributed by atoms with Crippen LogP contribution in [0.1, 0.15) is 44.9 Å². The summed E-state index contributed by atoms with van der Waals surface area (Å²) in [6.45, 7) is 1.80. The standard InChI is InChI=1S/C31H23F3N4O2/c1-19(26-11-6-7-17-35-26)36-30(40)25-18-21-8-2-5-12-27(21)37-28(25)38-29(39)24-10-4-3-9-23(24)20-13-15-22(16-14-20)31(32,33)34/h2-19H,1H3,(H,36,40)(H,37,38,39). The first-order chi connectivity index (χ1) is 19.2. The average Bonchev–Trinajstić information content (AvgIpc) is 2.96. The minimum atomic E-state index is -4.47. The van der Waals surface area contributed by atoms with Gasteiger partial charge in [0.2, 0.25) is 0 Å². The number of hydrogen-bond acceptors (Lipinski definition) is 4. The zero-order valence-corrected chi connectivity index (χ0v) is 21.2. The van der Waals surface area contributed by atoms with E-state index in [9.17, 15) is 22.8 Å². The van der Waals surface area contributed by atoms with Gasteiger partial charge in [0.15, 0.2) is 0 Å². The second-order valence-electron chi connectivity index (χ2n) is 9.10. The van der Waals surface area contributed by atoms with Crippen LogP contribution in [0.4, 0.5) is 19.0 Å². The molecule has 1 unspecified atom stereocenters. The molecule has 9 heteroatoms. The molecule has 2 heterocycles. The number of rotatable bonds is 6. The van der Waals surface area contributed by atoms with Crippen LogP contribution >= 0.6 is 0 Å². The highest BCUT2D eigenvalue weighted by Crippen LogP contribution is 2.32. The number of aromatic nitrogens is 2. The maximum absolute atomic E-state index is 13.5. The number of halogens is 3. The monoisotopic (exact) mass is 540 g/mol. The molecule has 3 aromatic carbocycles. The Morgan fingerprint density at radius 3 is 2.23 bits per heavy atom. The number of fused-ring (bicyclic) bond motifs is 1. The smallest absolute Gasteiger partial charge is 0.344 e. The molecule has 5 aromatic rings. The molecule has 2 amide bonds. The summed E-state index contributed by atoms with van der Waals surface area (Å²) < 4.78 is 39.2. The van der Waals surface area contributed by atoms with E-state index in [0.29, 0.717) is 27.7 Å². The second-order valence-corrected chi connectivity index (χ2v) is 9.10. The number of pyridine rings is 2. The molecule has 6 nitrogen and oxygen atoms in total. The number of anilines is 1. The lowest BCUT2D eigenvalue weighted by molar-refractivity contribution is -0.137. The Kier molecular flexibility index (Phi) is 7.29. The highest BCUT2D eigenvalue weighted by atomic mass is 19.4. The van der Waals surface area contributed by atoms with Gasteiger partial charge in [-0.15, -0.1) is 0 Å². The highest BCUT2D eigenvalue weighted by molar-refractivity contribution is 6.12. The van der Waals surface area contributed by atoms with Crippen molar-refractivity contribution in [2.45, 2.75) is 19.1 Å². The number of benzene rings is 3. The molecule has 0 fully saturated rings. The molecule has 0 aliphatic heterocycles. The Morgan fingerprint density at radius 1 is 0.800 bits per heavy atom. The summed E-state index contributed by atoms with van der Waals surface area (Å²) in [4.78, 5) is 35.7. The summed E-state index contributed by atoms with van der Waals surface area (Å²) >= 11 is 0. The number of nitrogens with one attached hydrogen (secondary N) is 2. The summed E-state index contributed by atoms with van der Waals surface area (Å²) in [5.74, 6) is -0.968. The molecule has 0 saturated carbocycles. The third-order valence-electron chi connectivity index (χ3n) is 6.37. The highest BCUT2D eigenvalue weighted by Gasteiger charge is 2.30. The van der Waals surface area contributed by atoms with Crippen molar-refractivity contribution >= 4 is 28.5 Å². The molecule has 200 valence electrons. The van der Waals surface area contributed by atoms with Crippen molar-refractivity contribution in [1.29, 1.82) is 0 Å². The van der Waals surface area contributed by atoms with E-state index >= 15 is 0 Å². The van der Waals surface area contributed by atoms with Crippen molar-refractivity contribution in [3.63, 3.8) is 0 Å². The summed E-state index contributed by atoms with van der Waals surface area (Å²) in [7, 11) is 0.